The van der Waals surface area contributed by atoms with E-state index in [1.807, 2.05) is 149 Å². The lowest BCUT2D eigenvalue weighted by Gasteiger charge is -2.35. The molecule has 0 aliphatic carbocycles. The number of β-amino-alcohol motifs (C(OH)–C–C–N with tert-alkyl or cyclic N) is 1. The highest BCUT2D eigenvalue weighted by Crippen LogP contribution is 2.36. The van der Waals surface area contributed by atoms with Gasteiger partial charge >= 0.3 is 0 Å². The topological polar surface area (TPSA) is 218 Å². The average molecular weight is 1060 g/mol. The maximum absolute atomic E-state index is 14.1. The van der Waals surface area contributed by atoms with Crippen LogP contribution in [0.25, 0.3) is 22.5 Å². The van der Waals surface area contributed by atoms with Crippen molar-refractivity contribution in [2.45, 2.75) is 105 Å². The quantitative estimate of drug-likeness (QED) is 0.0520. The van der Waals surface area contributed by atoms with Gasteiger partial charge in [0.15, 0.2) is 5.82 Å². The number of aliphatic imine (C=N–C) groups is 2. The molecule has 2 unspecified atom stereocenters. The molecule has 4 amide bonds. The van der Waals surface area contributed by atoms with E-state index >= 15 is 0 Å². The number of nitrogens with one attached hydrogen (secondary N) is 4. The minimum atomic E-state index is -0.971. The fourth-order valence-corrected chi connectivity index (χ4v) is 10.1. The summed E-state index contributed by atoms with van der Waals surface area (Å²) in [5.74, 6) is 1.23. The van der Waals surface area contributed by atoms with Crippen LogP contribution < -0.4 is 20.7 Å². The van der Waals surface area contributed by atoms with Gasteiger partial charge in [-0.15, -0.1) is 10.2 Å². The molecule has 3 aliphatic rings. The van der Waals surface area contributed by atoms with Gasteiger partial charge in [0.1, 0.15) is 42.1 Å². The van der Waals surface area contributed by atoms with E-state index in [1.54, 1.807) is 0 Å². The fraction of sp³-hybridized carbons (Fsp3) is 0.356. The third kappa shape index (κ3) is 12.4. The first kappa shape index (κ1) is 54.1. The van der Waals surface area contributed by atoms with E-state index < -0.39 is 41.5 Å². The summed E-state index contributed by atoms with van der Waals surface area (Å²) >= 11 is 6.26. The lowest BCUT2D eigenvalue weighted by Crippen LogP contribution is -2.58. The number of rotatable bonds is 18. The monoisotopic (exact) mass is 1060 g/mol. The molecule has 0 radical (unpaired) electrons. The number of nitrogens with zero attached hydrogens (tertiary/aromatic N) is 6. The molecule has 17 nitrogen and oxygen atoms in total. The van der Waals surface area contributed by atoms with Crippen molar-refractivity contribution < 1.29 is 33.8 Å². The van der Waals surface area contributed by atoms with Gasteiger partial charge in [0.2, 0.25) is 23.6 Å². The zero-order valence-electron chi connectivity index (χ0n) is 44.4. The number of benzene rings is 4. The van der Waals surface area contributed by atoms with Crippen LogP contribution >= 0.6 is 11.6 Å². The Morgan fingerprint density at radius 2 is 1.52 bits per heavy atom. The summed E-state index contributed by atoms with van der Waals surface area (Å²) in [5, 5.41) is 28.9. The van der Waals surface area contributed by atoms with Gasteiger partial charge in [-0.1, -0.05) is 93.0 Å². The van der Waals surface area contributed by atoms with E-state index in [4.69, 9.17) is 26.1 Å². The Morgan fingerprint density at radius 1 is 0.844 bits per heavy atom. The second kappa shape index (κ2) is 23.3. The number of anilines is 1. The van der Waals surface area contributed by atoms with Gasteiger partial charge < -0.3 is 40.4 Å². The molecule has 9 rings (SSSR count). The molecule has 5 N–H and O–H groups in total. The molecule has 1 saturated heterocycles. The Balaban J connectivity index is 0.718. The van der Waals surface area contributed by atoms with Crippen LogP contribution in [0.15, 0.2) is 113 Å². The summed E-state index contributed by atoms with van der Waals surface area (Å²) in [6.45, 7) is 14.0. The Hall–Kier alpha value is -7.73. The number of allylic oxidation sites excluding steroid dienone is 2. The number of carbonyl (C=O) groups excluding carboxylic acids is 4. The van der Waals surface area contributed by atoms with Crippen LogP contribution in [-0.2, 0) is 30.5 Å². The van der Waals surface area contributed by atoms with Gasteiger partial charge in [-0.3, -0.25) is 33.7 Å². The van der Waals surface area contributed by atoms with Crippen LogP contribution in [0.4, 0.5) is 5.69 Å². The lowest BCUT2D eigenvalue weighted by atomic mass is 9.85. The first-order valence-corrected chi connectivity index (χ1v) is 26.3. The Labute approximate surface area is 453 Å². The molecule has 18 heteroatoms. The van der Waals surface area contributed by atoms with Crippen molar-refractivity contribution in [3.05, 3.63) is 153 Å². The first-order chi connectivity index (χ1) is 36.9. The molecule has 0 spiro atoms. The highest BCUT2D eigenvalue weighted by molar-refractivity contribution is 6.30. The summed E-state index contributed by atoms with van der Waals surface area (Å²) in [6.07, 6.45) is 2.44. The number of aromatic nitrogens is 4. The van der Waals surface area contributed by atoms with Crippen LogP contribution in [0.2, 0.25) is 5.02 Å². The Kier molecular flexibility index (Phi) is 16.3. The molecule has 5 heterocycles. The van der Waals surface area contributed by atoms with E-state index in [0.717, 1.165) is 68.3 Å². The molecule has 4 atom stereocenters. The molecule has 3 aliphatic heterocycles. The van der Waals surface area contributed by atoms with Crippen molar-refractivity contribution in [1.29, 1.82) is 0 Å². The zero-order chi connectivity index (χ0) is 54.5. The number of aliphatic hydroxyl groups is 1. The molecule has 0 bridgehead atoms. The van der Waals surface area contributed by atoms with Gasteiger partial charge in [0.05, 0.1) is 31.5 Å². The molecule has 400 valence electrons. The molecule has 4 aromatic carbocycles. The molecular formula is C59H65ClN10O7. The van der Waals surface area contributed by atoms with Crippen LogP contribution in [0.5, 0.6) is 5.75 Å². The number of amides is 4. The van der Waals surface area contributed by atoms with E-state index in [9.17, 15) is 24.3 Å². The maximum Gasteiger partial charge on any atom is 0.246 e. The number of likely N-dealkylation sites (tertiary alicyclic amines) is 1. The Bertz CT molecular complexity index is 3250. The number of carbonyl (C=O) groups is 4. The van der Waals surface area contributed by atoms with Gasteiger partial charge in [0.25, 0.3) is 0 Å². The fourth-order valence-electron chi connectivity index (χ4n) is 9.94. The molecule has 0 saturated carbocycles. The second-order valence-corrected chi connectivity index (χ2v) is 21.3. The number of H-pyrrole nitrogens is 1. The lowest BCUT2D eigenvalue weighted by molar-refractivity contribution is -0.144. The number of halogens is 1. The van der Waals surface area contributed by atoms with Crippen LogP contribution in [0.1, 0.15) is 105 Å². The number of hydrogen-bond donors (Lipinski definition) is 5. The minimum absolute atomic E-state index is 0.0196. The van der Waals surface area contributed by atoms with E-state index in [-0.39, 0.29) is 51.0 Å². The standard InChI is InChI=1S/C59H65ClN10O7/c1-34-35(2)63-56-52(34)53(42-13-19-43(60)20-14-42)65-48(55-68-67-37(4)70(55)56)30-50(72)64-44-21-15-39(16-22-44)40-17-23-46(24-18-40)77-28-8-27-76-33-51(73)66-54(59(5,6)7)58(75)69-32-45(71)29-49(69)57(74)62-31-38-9-11-41(12-10-38)47-25-26-61-36(47)3/h9-24,26,45,48-49,54,63,71H,8,25,27-33H2,1-7H3,(H,62,74)(H,64,72)(H,66,73)/t45-,48?,49+,54?/m1/s1. The van der Waals surface area contributed by atoms with Crippen molar-refractivity contribution in [2.24, 2.45) is 15.4 Å². The highest BCUT2D eigenvalue weighted by atomic mass is 35.5. The minimum Gasteiger partial charge on any atom is -0.494 e. The van der Waals surface area contributed by atoms with Crippen molar-refractivity contribution in [3.63, 3.8) is 0 Å². The van der Waals surface area contributed by atoms with Crippen molar-refractivity contribution in [2.75, 3.05) is 31.7 Å². The van der Waals surface area contributed by atoms with Crippen molar-refractivity contribution in [3.8, 4) is 22.7 Å². The predicted octanol–water partition coefficient (Wildman–Crippen LogP) is 8.56. The third-order valence-corrected chi connectivity index (χ3v) is 14.5. The molecule has 1 fully saturated rings. The molecular weight excluding hydrogens is 996 g/mol. The van der Waals surface area contributed by atoms with E-state index in [0.29, 0.717) is 41.1 Å². The predicted molar refractivity (Wildman–Crippen MR) is 297 cm³/mol. The van der Waals surface area contributed by atoms with Crippen molar-refractivity contribution in [1.82, 2.24) is 35.3 Å². The average Bonchev–Trinajstić information content (AvgIpc) is 4.21. The number of fused-ring (bicyclic) bond motifs is 3. The molecule has 77 heavy (non-hydrogen) atoms. The SMILES string of the molecule is CC1=C(c2ccc(CNC(=O)[C@@H]3C[C@@H](O)CN3C(=O)C(NC(=O)COCCCOc3ccc(-c4ccc(NC(=O)CC5N=C(c6ccc(Cl)cc6)c6c([nH]c(C)c6C)-n6c(C)nnc65)cc4)cc3)C(C)(C)C)cc2)CC=N1. The summed E-state index contributed by atoms with van der Waals surface area (Å²) in [7, 11) is 0. The third-order valence-electron chi connectivity index (χ3n) is 14.2. The second-order valence-electron chi connectivity index (χ2n) is 20.9. The number of hydrogen-bond acceptors (Lipinski definition) is 11. The van der Waals surface area contributed by atoms with Crippen LogP contribution in [0, 0.1) is 26.2 Å². The summed E-state index contributed by atoms with van der Waals surface area (Å²) in [6, 6.07) is 28.3. The number of aromatic amines is 1. The van der Waals surface area contributed by atoms with Crippen molar-refractivity contribution >= 4 is 58.4 Å². The van der Waals surface area contributed by atoms with Gasteiger partial charge in [-0.2, -0.15) is 0 Å². The molecule has 6 aromatic rings. The van der Waals surface area contributed by atoms with Gasteiger partial charge in [-0.05, 0) is 103 Å². The van der Waals surface area contributed by atoms with E-state index in [1.165, 1.54) is 10.5 Å². The maximum atomic E-state index is 14.1. The number of ether oxygens (including phenoxy) is 2. The summed E-state index contributed by atoms with van der Waals surface area (Å²) in [4.78, 5) is 68.9. The normalized spacial score (nSPS) is 17.3. The number of aliphatic hydroxyl groups excluding tert-OH is 1. The van der Waals surface area contributed by atoms with Crippen LogP contribution in [-0.4, -0.2) is 110 Å². The van der Waals surface area contributed by atoms with Gasteiger partial charge in [-0.25, -0.2) is 0 Å². The molecule has 2 aromatic heterocycles. The zero-order valence-corrected chi connectivity index (χ0v) is 45.2. The summed E-state index contributed by atoms with van der Waals surface area (Å²) in [5.41, 5.74) is 10.6. The van der Waals surface area contributed by atoms with E-state index in [2.05, 4.69) is 43.0 Å². The summed E-state index contributed by atoms with van der Waals surface area (Å²) < 4.78 is 13.6. The highest BCUT2D eigenvalue weighted by Gasteiger charge is 2.44. The number of aryl methyl sites for hydroxylation is 2. The Morgan fingerprint density at radius 3 is 2.19 bits per heavy atom. The van der Waals surface area contributed by atoms with Crippen LogP contribution in [0.3, 0.4) is 0 Å². The first-order valence-electron chi connectivity index (χ1n) is 26.0. The smallest absolute Gasteiger partial charge is 0.246 e. The largest absolute Gasteiger partial charge is 0.494 e. The van der Waals surface area contributed by atoms with Gasteiger partial charge in [0, 0.05) is 71.8 Å².